The summed E-state index contributed by atoms with van der Waals surface area (Å²) in [5, 5.41) is 0. The second kappa shape index (κ2) is 6.44. The minimum atomic E-state index is 0.582. The van der Waals surface area contributed by atoms with Crippen molar-refractivity contribution < 1.29 is 0 Å². The summed E-state index contributed by atoms with van der Waals surface area (Å²) < 4.78 is 0. The van der Waals surface area contributed by atoms with Crippen LogP contribution in [0, 0.1) is 5.41 Å². The van der Waals surface area contributed by atoms with Gasteiger partial charge in [-0.3, -0.25) is 0 Å². The van der Waals surface area contributed by atoms with Crippen LogP contribution < -0.4 is 0 Å². The maximum absolute atomic E-state index is 2.44. The summed E-state index contributed by atoms with van der Waals surface area (Å²) in [5.74, 6) is 0. The molecule has 14 heavy (non-hydrogen) atoms. The summed E-state index contributed by atoms with van der Waals surface area (Å²) >= 11 is 0. The molecule has 86 valence electrons. The molecule has 0 fully saturated rings. The molecule has 0 aromatic carbocycles. The summed E-state index contributed by atoms with van der Waals surface area (Å²) in [7, 11) is 4.35. The highest BCUT2D eigenvalue weighted by atomic mass is 15.1. The molecule has 0 aliphatic carbocycles. The van der Waals surface area contributed by atoms with Gasteiger partial charge in [-0.25, -0.2) is 0 Å². The van der Waals surface area contributed by atoms with Gasteiger partial charge in [0.05, 0.1) is 0 Å². The van der Waals surface area contributed by atoms with E-state index in [1.54, 1.807) is 0 Å². The first kappa shape index (κ1) is 14.0. The molecule has 0 saturated heterocycles. The van der Waals surface area contributed by atoms with Crippen LogP contribution in [0.1, 0.15) is 59.8 Å². The molecular formula is C13H29N. The highest BCUT2D eigenvalue weighted by Gasteiger charge is 2.21. The summed E-state index contributed by atoms with van der Waals surface area (Å²) in [6.45, 7) is 9.39. The van der Waals surface area contributed by atoms with Gasteiger partial charge in [-0.1, -0.05) is 33.6 Å². The van der Waals surface area contributed by atoms with Crippen molar-refractivity contribution in [2.75, 3.05) is 14.1 Å². The van der Waals surface area contributed by atoms with Crippen LogP contribution in [0.2, 0.25) is 0 Å². The Morgan fingerprint density at radius 3 is 2.07 bits per heavy atom. The molecule has 0 amide bonds. The van der Waals surface area contributed by atoms with E-state index in [0.717, 1.165) is 6.04 Å². The van der Waals surface area contributed by atoms with Gasteiger partial charge in [-0.05, 0) is 45.7 Å². The molecule has 0 heterocycles. The SMILES string of the molecule is CCCC(C)(CC)CCC(C)N(C)C. The lowest BCUT2D eigenvalue weighted by Crippen LogP contribution is -2.27. The third kappa shape index (κ3) is 4.99. The number of rotatable bonds is 7. The Kier molecular flexibility index (Phi) is 6.43. The Morgan fingerprint density at radius 2 is 1.71 bits per heavy atom. The molecular weight excluding hydrogens is 170 g/mol. The lowest BCUT2D eigenvalue weighted by molar-refractivity contribution is 0.208. The zero-order chi connectivity index (χ0) is 11.2. The van der Waals surface area contributed by atoms with Gasteiger partial charge >= 0.3 is 0 Å². The van der Waals surface area contributed by atoms with Gasteiger partial charge in [-0.15, -0.1) is 0 Å². The highest BCUT2D eigenvalue weighted by molar-refractivity contribution is 4.74. The predicted molar refractivity (Wildman–Crippen MR) is 65.7 cm³/mol. The van der Waals surface area contributed by atoms with Crippen LogP contribution in [-0.4, -0.2) is 25.0 Å². The molecule has 1 nitrogen and oxygen atoms in total. The first-order valence-corrected chi connectivity index (χ1v) is 6.11. The summed E-state index contributed by atoms with van der Waals surface area (Å²) in [4.78, 5) is 2.32. The van der Waals surface area contributed by atoms with Crippen molar-refractivity contribution in [1.82, 2.24) is 4.90 Å². The maximum Gasteiger partial charge on any atom is 0.00610 e. The standard InChI is InChI=1S/C13H29N/c1-7-10-13(4,8-2)11-9-12(3)14(5)6/h12H,7-11H2,1-6H3. The Hall–Kier alpha value is -0.0400. The molecule has 2 unspecified atom stereocenters. The van der Waals surface area contributed by atoms with Crippen molar-refractivity contribution in [1.29, 1.82) is 0 Å². The first-order valence-electron chi connectivity index (χ1n) is 6.11. The molecule has 2 atom stereocenters. The topological polar surface area (TPSA) is 3.24 Å². The van der Waals surface area contributed by atoms with Crippen molar-refractivity contribution in [3.05, 3.63) is 0 Å². The van der Waals surface area contributed by atoms with Crippen molar-refractivity contribution in [3.8, 4) is 0 Å². The molecule has 0 aliphatic rings. The van der Waals surface area contributed by atoms with E-state index in [2.05, 4.69) is 46.7 Å². The van der Waals surface area contributed by atoms with Gasteiger partial charge in [-0.2, -0.15) is 0 Å². The first-order chi connectivity index (χ1) is 6.45. The molecule has 0 N–H and O–H groups in total. The molecule has 0 aromatic rings. The molecule has 0 radical (unpaired) electrons. The van der Waals surface area contributed by atoms with Crippen molar-refractivity contribution in [2.24, 2.45) is 5.41 Å². The van der Waals surface area contributed by atoms with Crippen LogP contribution in [0.25, 0.3) is 0 Å². The molecule has 1 heteroatoms. The predicted octanol–water partition coefficient (Wildman–Crippen LogP) is 3.93. The molecule has 0 bridgehead atoms. The average molecular weight is 199 g/mol. The lowest BCUT2D eigenvalue weighted by Gasteiger charge is -2.30. The van der Waals surface area contributed by atoms with E-state index in [1.165, 1.54) is 32.1 Å². The van der Waals surface area contributed by atoms with E-state index in [0.29, 0.717) is 5.41 Å². The van der Waals surface area contributed by atoms with Crippen molar-refractivity contribution >= 4 is 0 Å². The molecule has 0 aromatic heterocycles. The minimum Gasteiger partial charge on any atom is -0.307 e. The van der Waals surface area contributed by atoms with E-state index in [9.17, 15) is 0 Å². The van der Waals surface area contributed by atoms with Gasteiger partial charge in [0.2, 0.25) is 0 Å². The Morgan fingerprint density at radius 1 is 1.14 bits per heavy atom. The number of hydrogen-bond donors (Lipinski definition) is 0. The van der Waals surface area contributed by atoms with Gasteiger partial charge < -0.3 is 4.90 Å². The lowest BCUT2D eigenvalue weighted by atomic mass is 9.78. The highest BCUT2D eigenvalue weighted by Crippen LogP contribution is 2.33. The Labute approximate surface area is 90.9 Å². The fraction of sp³-hybridized carbons (Fsp3) is 1.00. The van der Waals surface area contributed by atoms with Crippen LogP contribution in [0.15, 0.2) is 0 Å². The average Bonchev–Trinajstić information content (AvgIpc) is 2.14. The quantitative estimate of drug-likeness (QED) is 0.600. The minimum absolute atomic E-state index is 0.582. The van der Waals surface area contributed by atoms with E-state index >= 15 is 0 Å². The van der Waals surface area contributed by atoms with Gasteiger partial charge in [0.15, 0.2) is 0 Å². The third-order valence-electron chi connectivity index (χ3n) is 3.75. The molecule has 0 spiro atoms. The summed E-state index contributed by atoms with van der Waals surface area (Å²) in [6.07, 6.45) is 6.72. The van der Waals surface area contributed by atoms with E-state index in [-0.39, 0.29) is 0 Å². The fourth-order valence-electron chi connectivity index (χ4n) is 1.90. The van der Waals surface area contributed by atoms with E-state index < -0.39 is 0 Å². The van der Waals surface area contributed by atoms with Gasteiger partial charge in [0.25, 0.3) is 0 Å². The van der Waals surface area contributed by atoms with Gasteiger partial charge in [0.1, 0.15) is 0 Å². The normalized spacial score (nSPS) is 18.2. The van der Waals surface area contributed by atoms with Crippen molar-refractivity contribution in [2.45, 2.75) is 65.8 Å². The third-order valence-corrected chi connectivity index (χ3v) is 3.75. The van der Waals surface area contributed by atoms with Crippen LogP contribution >= 0.6 is 0 Å². The zero-order valence-electron chi connectivity index (χ0n) is 11.1. The molecule has 0 aliphatic heterocycles. The number of nitrogens with zero attached hydrogens (tertiary/aromatic N) is 1. The Balaban J connectivity index is 3.94. The second-order valence-electron chi connectivity index (χ2n) is 5.27. The van der Waals surface area contributed by atoms with Crippen LogP contribution in [0.5, 0.6) is 0 Å². The number of hydrogen-bond acceptors (Lipinski definition) is 1. The van der Waals surface area contributed by atoms with E-state index in [1.807, 2.05) is 0 Å². The molecule has 0 rings (SSSR count). The Bertz CT molecular complexity index is 142. The monoisotopic (exact) mass is 199 g/mol. The van der Waals surface area contributed by atoms with Crippen molar-refractivity contribution in [3.63, 3.8) is 0 Å². The smallest absolute Gasteiger partial charge is 0.00610 e. The summed E-state index contributed by atoms with van der Waals surface area (Å²) in [6, 6.07) is 0.720. The largest absolute Gasteiger partial charge is 0.307 e. The second-order valence-corrected chi connectivity index (χ2v) is 5.27. The van der Waals surface area contributed by atoms with Crippen LogP contribution in [-0.2, 0) is 0 Å². The van der Waals surface area contributed by atoms with Gasteiger partial charge in [0, 0.05) is 6.04 Å². The maximum atomic E-state index is 2.44. The van der Waals surface area contributed by atoms with E-state index in [4.69, 9.17) is 0 Å². The summed E-state index contributed by atoms with van der Waals surface area (Å²) in [5.41, 5.74) is 0.582. The van der Waals surface area contributed by atoms with Crippen LogP contribution in [0.3, 0.4) is 0 Å². The fourth-order valence-corrected chi connectivity index (χ4v) is 1.90. The zero-order valence-corrected chi connectivity index (χ0v) is 11.1. The molecule has 0 saturated carbocycles. The van der Waals surface area contributed by atoms with Crippen LogP contribution in [0.4, 0.5) is 0 Å².